The number of hydrogen-bond donors (Lipinski definition) is 2. The van der Waals surface area contributed by atoms with Gasteiger partial charge in [0.15, 0.2) is 0 Å². The molecule has 0 aromatic heterocycles. The van der Waals surface area contributed by atoms with Crippen LogP contribution in [0.1, 0.15) is 38.5 Å². The van der Waals surface area contributed by atoms with E-state index in [9.17, 15) is 9.59 Å². The highest BCUT2D eigenvalue weighted by atomic mass is 32.2. The molecule has 1 unspecified atom stereocenters. The minimum atomic E-state index is -0.287. The Labute approximate surface area is 138 Å². The van der Waals surface area contributed by atoms with Gasteiger partial charge in [-0.05, 0) is 25.0 Å². The van der Waals surface area contributed by atoms with Gasteiger partial charge >= 0.3 is 0 Å². The molecule has 0 aromatic rings. The third-order valence-electron chi connectivity index (χ3n) is 4.67. The van der Waals surface area contributed by atoms with Crippen LogP contribution >= 0.6 is 11.8 Å². The van der Waals surface area contributed by atoms with E-state index in [0.29, 0.717) is 19.0 Å². The molecule has 2 aliphatic rings. The maximum Gasteiger partial charge on any atom is 0.237 e. The third-order valence-corrected chi connectivity index (χ3v) is 5.28. The molecular weight excluding hydrogens is 298 g/mol. The van der Waals surface area contributed by atoms with E-state index in [0.717, 1.165) is 18.8 Å². The number of piperazine rings is 1. The van der Waals surface area contributed by atoms with Gasteiger partial charge in [-0.1, -0.05) is 19.3 Å². The second kappa shape index (κ2) is 9.40. The lowest BCUT2D eigenvalue weighted by Gasteiger charge is -2.37. The molecule has 0 spiro atoms. The summed E-state index contributed by atoms with van der Waals surface area (Å²) in [6, 6.07) is -0.287. The zero-order valence-electron chi connectivity index (χ0n) is 13.6. The van der Waals surface area contributed by atoms with Crippen LogP contribution in [-0.2, 0) is 9.59 Å². The van der Waals surface area contributed by atoms with Crippen LogP contribution in [0.2, 0.25) is 0 Å². The first-order valence-electron chi connectivity index (χ1n) is 8.48. The smallest absolute Gasteiger partial charge is 0.237 e. The second-order valence-electron chi connectivity index (χ2n) is 6.35. The molecule has 22 heavy (non-hydrogen) atoms. The van der Waals surface area contributed by atoms with Crippen LogP contribution in [0, 0.1) is 5.92 Å². The number of carbonyl (C=O) groups excluding carboxylic acids is 2. The molecule has 0 aromatic carbocycles. The zero-order chi connectivity index (χ0) is 15.8. The van der Waals surface area contributed by atoms with Gasteiger partial charge < -0.3 is 10.6 Å². The molecule has 1 aliphatic carbocycles. The molecule has 1 aliphatic heterocycles. The molecule has 0 radical (unpaired) electrons. The van der Waals surface area contributed by atoms with Gasteiger partial charge in [-0.25, -0.2) is 0 Å². The Hall–Kier alpha value is -0.750. The number of amides is 2. The van der Waals surface area contributed by atoms with E-state index in [1.54, 1.807) is 11.8 Å². The Kier molecular flexibility index (Phi) is 7.52. The van der Waals surface area contributed by atoms with Gasteiger partial charge in [0.25, 0.3) is 0 Å². The Morgan fingerprint density at radius 1 is 1.36 bits per heavy atom. The molecule has 1 atom stereocenters. The number of carbonyl (C=O) groups is 2. The highest BCUT2D eigenvalue weighted by molar-refractivity contribution is 7.98. The number of hydrogen-bond acceptors (Lipinski definition) is 4. The lowest BCUT2D eigenvalue weighted by atomic mass is 9.88. The van der Waals surface area contributed by atoms with E-state index in [2.05, 4.69) is 15.5 Å². The minimum Gasteiger partial charge on any atom is -0.355 e. The molecule has 5 nitrogen and oxygen atoms in total. The zero-order valence-corrected chi connectivity index (χ0v) is 14.4. The van der Waals surface area contributed by atoms with Crippen molar-refractivity contribution in [3.8, 4) is 0 Å². The normalized spacial score (nSPS) is 24.0. The van der Waals surface area contributed by atoms with Gasteiger partial charge in [-0.2, -0.15) is 11.8 Å². The molecule has 1 saturated heterocycles. The van der Waals surface area contributed by atoms with Crippen LogP contribution in [0.4, 0.5) is 0 Å². The van der Waals surface area contributed by atoms with Gasteiger partial charge in [0.05, 0.1) is 12.5 Å². The quantitative estimate of drug-likeness (QED) is 0.691. The molecule has 1 heterocycles. The Balaban J connectivity index is 1.85. The largest absolute Gasteiger partial charge is 0.355 e. The van der Waals surface area contributed by atoms with Crippen molar-refractivity contribution in [2.75, 3.05) is 38.2 Å². The first-order valence-corrected chi connectivity index (χ1v) is 9.87. The van der Waals surface area contributed by atoms with Crippen LogP contribution in [0.5, 0.6) is 0 Å². The number of nitrogens with zero attached hydrogens (tertiary/aromatic N) is 1. The summed E-state index contributed by atoms with van der Waals surface area (Å²) < 4.78 is 0. The van der Waals surface area contributed by atoms with Crippen LogP contribution in [0.25, 0.3) is 0 Å². The van der Waals surface area contributed by atoms with Crippen molar-refractivity contribution < 1.29 is 9.59 Å². The summed E-state index contributed by atoms with van der Waals surface area (Å²) in [4.78, 5) is 26.5. The maximum atomic E-state index is 12.2. The van der Waals surface area contributed by atoms with E-state index >= 15 is 0 Å². The highest BCUT2D eigenvalue weighted by Gasteiger charge is 2.32. The predicted molar refractivity (Wildman–Crippen MR) is 91.0 cm³/mol. The van der Waals surface area contributed by atoms with Gasteiger partial charge in [-0.15, -0.1) is 0 Å². The summed E-state index contributed by atoms with van der Waals surface area (Å²) in [6.07, 6.45) is 8.81. The van der Waals surface area contributed by atoms with E-state index in [1.165, 1.54) is 32.1 Å². The van der Waals surface area contributed by atoms with Crippen LogP contribution < -0.4 is 10.6 Å². The summed E-state index contributed by atoms with van der Waals surface area (Å²) in [7, 11) is 0. The van der Waals surface area contributed by atoms with Crippen molar-refractivity contribution >= 4 is 23.6 Å². The maximum absolute atomic E-state index is 12.2. The Bertz CT molecular complexity index is 372. The minimum absolute atomic E-state index is 0.00950. The van der Waals surface area contributed by atoms with E-state index in [4.69, 9.17) is 0 Å². The van der Waals surface area contributed by atoms with E-state index in [-0.39, 0.29) is 24.3 Å². The number of thioether (sulfide) groups is 1. The lowest BCUT2D eigenvalue weighted by molar-refractivity contribution is -0.134. The molecule has 2 rings (SSSR count). The topological polar surface area (TPSA) is 61.4 Å². The van der Waals surface area contributed by atoms with Gasteiger partial charge in [-0.3, -0.25) is 14.5 Å². The van der Waals surface area contributed by atoms with Crippen LogP contribution in [0.3, 0.4) is 0 Å². The molecule has 2 N–H and O–H groups in total. The molecule has 126 valence electrons. The first-order chi connectivity index (χ1) is 10.7. The summed E-state index contributed by atoms with van der Waals surface area (Å²) in [6.45, 7) is 3.22. The van der Waals surface area contributed by atoms with Crippen molar-refractivity contribution in [2.24, 2.45) is 5.92 Å². The summed E-state index contributed by atoms with van der Waals surface area (Å²) >= 11 is 1.71. The van der Waals surface area contributed by atoms with E-state index in [1.807, 2.05) is 6.26 Å². The van der Waals surface area contributed by atoms with Gasteiger partial charge in [0, 0.05) is 31.9 Å². The monoisotopic (exact) mass is 327 g/mol. The Morgan fingerprint density at radius 2 is 2.14 bits per heavy atom. The summed E-state index contributed by atoms with van der Waals surface area (Å²) in [5, 5.41) is 5.82. The average molecular weight is 327 g/mol. The molecular formula is C16H29N3O2S. The molecule has 2 amide bonds. The molecule has 2 fully saturated rings. The Morgan fingerprint density at radius 3 is 2.86 bits per heavy atom. The number of nitrogens with one attached hydrogen (secondary N) is 2. The standard InChI is InChI=1S/C16H29N3O2S/c1-22-10-8-17-15(20)11-14-16(21)18-7-9-19(14)12-13-5-3-2-4-6-13/h13-14H,2-12H2,1H3,(H,17,20)(H,18,21). The fraction of sp³-hybridized carbons (Fsp3) is 0.875. The lowest BCUT2D eigenvalue weighted by Crippen LogP contribution is -2.57. The summed E-state index contributed by atoms with van der Waals surface area (Å²) in [5.41, 5.74) is 0. The second-order valence-corrected chi connectivity index (χ2v) is 7.34. The first kappa shape index (κ1) is 17.6. The SMILES string of the molecule is CSCCNC(=O)CC1C(=O)NCCN1CC1CCCCC1. The van der Waals surface area contributed by atoms with Crippen molar-refractivity contribution in [3.63, 3.8) is 0 Å². The third kappa shape index (κ3) is 5.47. The summed E-state index contributed by atoms with van der Waals surface area (Å²) in [5.74, 6) is 1.61. The molecule has 0 bridgehead atoms. The van der Waals surface area contributed by atoms with Crippen molar-refractivity contribution in [2.45, 2.75) is 44.6 Å². The van der Waals surface area contributed by atoms with Crippen molar-refractivity contribution in [1.82, 2.24) is 15.5 Å². The van der Waals surface area contributed by atoms with E-state index < -0.39 is 0 Å². The van der Waals surface area contributed by atoms with Crippen molar-refractivity contribution in [3.05, 3.63) is 0 Å². The average Bonchev–Trinajstić information content (AvgIpc) is 2.52. The van der Waals surface area contributed by atoms with Crippen LogP contribution in [-0.4, -0.2) is 60.9 Å². The van der Waals surface area contributed by atoms with Gasteiger partial charge in [0.2, 0.25) is 11.8 Å². The number of rotatable bonds is 7. The fourth-order valence-electron chi connectivity index (χ4n) is 3.44. The highest BCUT2D eigenvalue weighted by Crippen LogP contribution is 2.25. The predicted octanol–water partition coefficient (Wildman–Crippen LogP) is 1.24. The van der Waals surface area contributed by atoms with Crippen molar-refractivity contribution in [1.29, 1.82) is 0 Å². The van der Waals surface area contributed by atoms with Gasteiger partial charge in [0.1, 0.15) is 0 Å². The molecule has 6 heteroatoms. The van der Waals surface area contributed by atoms with Crippen LogP contribution in [0.15, 0.2) is 0 Å². The fourth-order valence-corrected chi connectivity index (χ4v) is 3.75. The molecule has 1 saturated carbocycles.